The van der Waals surface area contributed by atoms with Gasteiger partial charge in [0.2, 0.25) is 11.8 Å². The molecule has 0 aromatic heterocycles. The van der Waals surface area contributed by atoms with Gasteiger partial charge in [-0.2, -0.15) is 0 Å². The highest BCUT2D eigenvalue weighted by Gasteiger charge is 2.28. The molecule has 96 valence electrons. The van der Waals surface area contributed by atoms with Crippen molar-refractivity contribution in [1.82, 2.24) is 4.90 Å². The van der Waals surface area contributed by atoms with Crippen molar-refractivity contribution in [2.75, 3.05) is 13.7 Å². The van der Waals surface area contributed by atoms with Gasteiger partial charge >= 0.3 is 0 Å². The summed E-state index contributed by atoms with van der Waals surface area (Å²) in [5, 5.41) is 0. The minimum Gasteiger partial charge on any atom is -0.496 e. The number of amides is 2. The standard InChI is InChI=1S/C14H17NO3/c1-10-9-11(3-4-12(10)18-2)7-8-15-13(16)5-6-14(15)17/h3-4,9H,5-8H2,1-2H3. The summed E-state index contributed by atoms with van der Waals surface area (Å²) in [6, 6.07) is 5.92. The first kappa shape index (κ1) is 12.6. The van der Waals surface area contributed by atoms with E-state index in [2.05, 4.69) is 0 Å². The monoisotopic (exact) mass is 247 g/mol. The lowest BCUT2D eigenvalue weighted by Gasteiger charge is -2.14. The zero-order chi connectivity index (χ0) is 13.1. The number of carbonyl (C=O) groups excluding carboxylic acids is 2. The van der Waals surface area contributed by atoms with Gasteiger partial charge in [-0.25, -0.2) is 0 Å². The molecule has 2 amide bonds. The molecule has 1 aliphatic rings. The van der Waals surface area contributed by atoms with Crippen molar-refractivity contribution in [2.45, 2.75) is 26.2 Å². The van der Waals surface area contributed by atoms with Crippen molar-refractivity contribution in [1.29, 1.82) is 0 Å². The maximum atomic E-state index is 11.5. The van der Waals surface area contributed by atoms with Gasteiger partial charge in [-0.15, -0.1) is 0 Å². The second kappa shape index (κ2) is 5.21. The Labute approximate surface area is 107 Å². The Bertz CT molecular complexity index is 466. The molecule has 18 heavy (non-hydrogen) atoms. The third-order valence-electron chi connectivity index (χ3n) is 3.24. The van der Waals surface area contributed by atoms with Crippen LogP contribution in [0.4, 0.5) is 0 Å². The van der Waals surface area contributed by atoms with Crippen LogP contribution < -0.4 is 4.74 Å². The molecular weight excluding hydrogens is 230 g/mol. The highest BCUT2D eigenvalue weighted by molar-refractivity contribution is 6.01. The second-order valence-corrected chi connectivity index (χ2v) is 4.49. The van der Waals surface area contributed by atoms with Crippen molar-refractivity contribution < 1.29 is 14.3 Å². The fourth-order valence-electron chi connectivity index (χ4n) is 2.21. The topological polar surface area (TPSA) is 46.6 Å². The number of hydrogen-bond donors (Lipinski definition) is 0. The van der Waals surface area contributed by atoms with Crippen molar-refractivity contribution in [3.05, 3.63) is 29.3 Å². The van der Waals surface area contributed by atoms with Crippen LogP contribution >= 0.6 is 0 Å². The minimum atomic E-state index is -0.0507. The summed E-state index contributed by atoms with van der Waals surface area (Å²) in [5.74, 6) is 0.752. The zero-order valence-electron chi connectivity index (χ0n) is 10.7. The summed E-state index contributed by atoms with van der Waals surface area (Å²) in [6.07, 6.45) is 1.42. The first-order valence-corrected chi connectivity index (χ1v) is 6.08. The number of methoxy groups -OCH3 is 1. The van der Waals surface area contributed by atoms with Crippen LogP contribution in [-0.4, -0.2) is 30.4 Å². The van der Waals surface area contributed by atoms with E-state index in [0.717, 1.165) is 16.9 Å². The first-order chi connectivity index (χ1) is 8.61. The van der Waals surface area contributed by atoms with Gasteiger partial charge < -0.3 is 4.74 Å². The van der Waals surface area contributed by atoms with E-state index in [1.54, 1.807) is 7.11 Å². The predicted molar refractivity (Wildman–Crippen MR) is 67.4 cm³/mol. The van der Waals surface area contributed by atoms with Crippen molar-refractivity contribution in [2.24, 2.45) is 0 Å². The number of imide groups is 1. The Morgan fingerprint density at radius 1 is 1.22 bits per heavy atom. The summed E-state index contributed by atoms with van der Waals surface area (Å²) < 4.78 is 5.19. The maximum absolute atomic E-state index is 11.5. The van der Waals surface area contributed by atoms with Crippen LogP contribution in [0.2, 0.25) is 0 Å². The van der Waals surface area contributed by atoms with E-state index >= 15 is 0 Å². The number of rotatable bonds is 4. The summed E-state index contributed by atoms with van der Waals surface area (Å²) in [7, 11) is 1.64. The van der Waals surface area contributed by atoms with Crippen LogP contribution in [0.3, 0.4) is 0 Å². The van der Waals surface area contributed by atoms with Gasteiger partial charge in [-0.05, 0) is 30.5 Å². The van der Waals surface area contributed by atoms with E-state index < -0.39 is 0 Å². The molecular formula is C14H17NO3. The SMILES string of the molecule is COc1ccc(CCN2C(=O)CCC2=O)cc1C. The molecule has 1 aromatic rings. The van der Waals surface area contributed by atoms with Gasteiger partial charge in [0, 0.05) is 19.4 Å². The van der Waals surface area contributed by atoms with Crippen LogP contribution in [0.15, 0.2) is 18.2 Å². The average Bonchev–Trinajstić information content (AvgIpc) is 2.67. The fraction of sp³-hybridized carbons (Fsp3) is 0.429. The van der Waals surface area contributed by atoms with Gasteiger partial charge in [0.15, 0.2) is 0 Å². The Morgan fingerprint density at radius 3 is 2.44 bits per heavy atom. The Hall–Kier alpha value is -1.84. The second-order valence-electron chi connectivity index (χ2n) is 4.49. The van der Waals surface area contributed by atoms with E-state index in [4.69, 9.17) is 4.74 Å². The van der Waals surface area contributed by atoms with Crippen molar-refractivity contribution >= 4 is 11.8 Å². The van der Waals surface area contributed by atoms with Gasteiger partial charge in [-0.3, -0.25) is 14.5 Å². The lowest BCUT2D eigenvalue weighted by Crippen LogP contribution is -2.31. The Balaban J connectivity index is 2.00. The number of hydrogen-bond acceptors (Lipinski definition) is 3. The molecule has 0 aliphatic carbocycles. The number of benzene rings is 1. The van der Waals surface area contributed by atoms with Crippen LogP contribution in [-0.2, 0) is 16.0 Å². The van der Waals surface area contributed by atoms with E-state index in [1.807, 2.05) is 25.1 Å². The molecule has 1 heterocycles. The lowest BCUT2D eigenvalue weighted by molar-refractivity contribution is -0.138. The van der Waals surface area contributed by atoms with E-state index in [9.17, 15) is 9.59 Å². The molecule has 2 rings (SSSR count). The summed E-state index contributed by atoms with van der Waals surface area (Å²) in [4.78, 5) is 24.3. The quantitative estimate of drug-likeness (QED) is 0.761. The molecule has 0 atom stereocenters. The summed E-state index contributed by atoms with van der Waals surface area (Å²) in [6.45, 7) is 2.46. The molecule has 0 unspecified atom stereocenters. The molecule has 0 radical (unpaired) electrons. The number of likely N-dealkylation sites (tertiary alicyclic amines) is 1. The molecule has 1 aliphatic heterocycles. The van der Waals surface area contributed by atoms with Crippen LogP contribution in [0.5, 0.6) is 5.75 Å². The number of aryl methyl sites for hydroxylation is 1. The minimum absolute atomic E-state index is 0.0507. The smallest absolute Gasteiger partial charge is 0.229 e. The molecule has 1 saturated heterocycles. The first-order valence-electron chi connectivity index (χ1n) is 6.08. The number of ether oxygens (including phenoxy) is 1. The summed E-state index contributed by atoms with van der Waals surface area (Å²) >= 11 is 0. The Morgan fingerprint density at radius 2 is 1.89 bits per heavy atom. The molecule has 0 spiro atoms. The van der Waals surface area contributed by atoms with E-state index in [0.29, 0.717) is 25.8 Å². The highest BCUT2D eigenvalue weighted by atomic mass is 16.5. The van der Waals surface area contributed by atoms with Crippen molar-refractivity contribution in [3.63, 3.8) is 0 Å². The molecule has 0 saturated carbocycles. The van der Waals surface area contributed by atoms with Crippen LogP contribution in [0.1, 0.15) is 24.0 Å². The molecule has 1 aromatic carbocycles. The normalized spacial score (nSPS) is 15.3. The zero-order valence-corrected chi connectivity index (χ0v) is 10.7. The van der Waals surface area contributed by atoms with Gasteiger partial charge in [0.25, 0.3) is 0 Å². The molecule has 1 fully saturated rings. The highest BCUT2D eigenvalue weighted by Crippen LogP contribution is 2.19. The lowest BCUT2D eigenvalue weighted by atomic mass is 10.1. The Kier molecular flexibility index (Phi) is 3.65. The fourth-order valence-corrected chi connectivity index (χ4v) is 2.21. The van der Waals surface area contributed by atoms with E-state index in [1.165, 1.54) is 4.90 Å². The van der Waals surface area contributed by atoms with E-state index in [-0.39, 0.29) is 11.8 Å². The van der Waals surface area contributed by atoms with Gasteiger partial charge in [0.05, 0.1) is 7.11 Å². The van der Waals surface area contributed by atoms with Crippen LogP contribution in [0.25, 0.3) is 0 Å². The summed E-state index contributed by atoms with van der Waals surface area (Å²) in [5.41, 5.74) is 2.18. The third kappa shape index (κ3) is 2.53. The molecule has 0 N–H and O–H groups in total. The maximum Gasteiger partial charge on any atom is 0.229 e. The molecule has 0 bridgehead atoms. The number of nitrogens with zero attached hydrogens (tertiary/aromatic N) is 1. The predicted octanol–water partition coefficient (Wildman–Crippen LogP) is 1.70. The largest absolute Gasteiger partial charge is 0.496 e. The van der Waals surface area contributed by atoms with Crippen molar-refractivity contribution in [3.8, 4) is 5.75 Å². The molecule has 4 heteroatoms. The van der Waals surface area contributed by atoms with Gasteiger partial charge in [0.1, 0.15) is 5.75 Å². The van der Waals surface area contributed by atoms with Crippen LogP contribution in [0, 0.1) is 6.92 Å². The van der Waals surface area contributed by atoms with Gasteiger partial charge in [-0.1, -0.05) is 12.1 Å². The average molecular weight is 247 g/mol. The number of carbonyl (C=O) groups is 2. The molecule has 4 nitrogen and oxygen atoms in total. The third-order valence-corrected chi connectivity index (χ3v) is 3.24.